The number of urea groups is 1. The summed E-state index contributed by atoms with van der Waals surface area (Å²) < 4.78 is 0. The number of likely N-dealkylation sites (tertiary alicyclic amines) is 1. The third kappa shape index (κ3) is 3.85. The average molecular weight is 283 g/mol. The number of carbonyl (C=O) groups excluding carboxylic acids is 1. The molecule has 2 amide bonds. The van der Waals surface area contributed by atoms with Crippen molar-refractivity contribution in [2.75, 3.05) is 32.7 Å². The van der Waals surface area contributed by atoms with E-state index in [9.17, 15) is 9.59 Å². The minimum absolute atomic E-state index is 0.236. The molecule has 0 aromatic carbocycles. The molecule has 6 nitrogen and oxygen atoms in total. The summed E-state index contributed by atoms with van der Waals surface area (Å²) in [7, 11) is 0. The van der Waals surface area contributed by atoms with E-state index in [4.69, 9.17) is 5.11 Å². The van der Waals surface area contributed by atoms with Gasteiger partial charge in [-0.1, -0.05) is 6.42 Å². The molecular formula is C14H25N3O3. The largest absolute Gasteiger partial charge is 0.481 e. The van der Waals surface area contributed by atoms with Crippen LogP contribution >= 0.6 is 0 Å². The maximum atomic E-state index is 11.6. The van der Waals surface area contributed by atoms with Crippen molar-refractivity contribution >= 4 is 12.0 Å². The highest BCUT2D eigenvalue weighted by Gasteiger charge is 2.44. The predicted octanol–water partition coefficient (Wildman–Crippen LogP) is 1.03. The van der Waals surface area contributed by atoms with Gasteiger partial charge in [-0.2, -0.15) is 0 Å². The summed E-state index contributed by atoms with van der Waals surface area (Å²) in [6.45, 7) is 4.25. The van der Waals surface area contributed by atoms with Crippen LogP contribution in [-0.4, -0.2) is 54.7 Å². The Bertz CT molecular complexity index is 350. The first kappa shape index (κ1) is 15.1. The molecule has 3 N–H and O–H groups in total. The molecule has 1 aliphatic carbocycles. The highest BCUT2D eigenvalue weighted by molar-refractivity contribution is 5.78. The normalized spacial score (nSPS) is 21.2. The van der Waals surface area contributed by atoms with E-state index >= 15 is 0 Å². The van der Waals surface area contributed by atoms with E-state index in [1.807, 2.05) is 0 Å². The Morgan fingerprint density at radius 2 is 1.80 bits per heavy atom. The number of carboxylic acids is 1. The van der Waals surface area contributed by atoms with E-state index in [1.54, 1.807) is 0 Å². The third-order valence-corrected chi connectivity index (χ3v) is 4.49. The van der Waals surface area contributed by atoms with Gasteiger partial charge in [-0.3, -0.25) is 4.79 Å². The van der Waals surface area contributed by atoms with Gasteiger partial charge in [0.2, 0.25) is 0 Å². The van der Waals surface area contributed by atoms with E-state index in [0.29, 0.717) is 19.4 Å². The SMILES string of the molecule is O=C(NCCCN1CCCC1)NCC1(C(=O)O)CCC1. The number of carboxylic acid groups (broad SMARTS) is 1. The van der Waals surface area contributed by atoms with E-state index in [2.05, 4.69) is 15.5 Å². The lowest BCUT2D eigenvalue weighted by atomic mass is 9.69. The first-order chi connectivity index (χ1) is 9.62. The summed E-state index contributed by atoms with van der Waals surface area (Å²) in [5, 5.41) is 14.6. The van der Waals surface area contributed by atoms with Gasteiger partial charge in [0, 0.05) is 13.1 Å². The van der Waals surface area contributed by atoms with Crippen LogP contribution in [0.25, 0.3) is 0 Å². The van der Waals surface area contributed by atoms with Crippen molar-refractivity contribution in [3.05, 3.63) is 0 Å². The molecule has 0 unspecified atom stereocenters. The molecule has 114 valence electrons. The second-order valence-electron chi connectivity index (χ2n) is 5.95. The number of rotatable bonds is 7. The molecule has 1 saturated heterocycles. The number of nitrogens with one attached hydrogen (secondary N) is 2. The molecule has 1 heterocycles. The lowest BCUT2D eigenvalue weighted by molar-refractivity contribution is -0.153. The quantitative estimate of drug-likeness (QED) is 0.609. The van der Waals surface area contributed by atoms with Gasteiger partial charge in [0.05, 0.1) is 5.41 Å². The first-order valence-electron chi connectivity index (χ1n) is 7.60. The Morgan fingerprint density at radius 1 is 1.10 bits per heavy atom. The Balaban J connectivity index is 1.55. The summed E-state index contributed by atoms with van der Waals surface area (Å²) in [5.41, 5.74) is -0.715. The number of hydrogen-bond acceptors (Lipinski definition) is 3. The van der Waals surface area contributed by atoms with Crippen molar-refractivity contribution in [1.82, 2.24) is 15.5 Å². The van der Waals surface area contributed by atoms with Crippen LogP contribution < -0.4 is 10.6 Å². The van der Waals surface area contributed by atoms with Gasteiger partial charge in [-0.15, -0.1) is 0 Å². The fourth-order valence-electron chi connectivity index (χ4n) is 2.89. The van der Waals surface area contributed by atoms with Crippen LogP contribution in [0.4, 0.5) is 4.79 Å². The molecule has 1 saturated carbocycles. The van der Waals surface area contributed by atoms with Crippen molar-refractivity contribution in [2.24, 2.45) is 5.41 Å². The van der Waals surface area contributed by atoms with Gasteiger partial charge in [0.25, 0.3) is 0 Å². The van der Waals surface area contributed by atoms with Gasteiger partial charge in [-0.05, 0) is 51.7 Å². The smallest absolute Gasteiger partial charge is 0.314 e. The Morgan fingerprint density at radius 3 is 2.35 bits per heavy atom. The van der Waals surface area contributed by atoms with Gasteiger partial charge >= 0.3 is 12.0 Å². The third-order valence-electron chi connectivity index (χ3n) is 4.49. The van der Waals surface area contributed by atoms with E-state index < -0.39 is 11.4 Å². The lowest BCUT2D eigenvalue weighted by Gasteiger charge is -2.37. The molecule has 0 aromatic heterocycles. The predicted molar refractivity (Wildman–Crippen MR) is 75.6 cm³/mol. The fraction of sp³-hybridized carbons (Fsp3) is 0.857. The molecule has 0 radical (unpaired) electrons. The van der Waals surface area contributed by atoms with Crippen molar-refractivity contribution in [2.45, 2.75) is 38.5 Å². The number of aliphatic carboxylic acids is 1. The molecule has 0 aromatic rings. The fourth-order valence-corrected chi connectivity index (χ4v) is 2.89. The molecule has 2 aliphatic rings. The van der Waals surface area contributed by atoms with Crippen molar-refractivity contribution in [3.8, 4) is 0 Å². The summed E-state index contributed by atoms with van der Waals surface area (Å²) in [6.07, 6.45) is 5.77. The first-order valence-corrected chi connectivity index (χ1v) is 7.60. The zero-order valence-corrected chi connectivity index (χ0v) is 12.0. The number of nitrogens with zero attached hydrogens (tertiary/aromatic N) is 1. The second kappa shape index (κ2) is 6.92. The summed E-state index contributed by atoms with van der Waals surface area (Å²) in [5.74, 6) is -0.793. The molecule has 2 rings (SSSR count). The molecule has 2 fully saturated rings. The van der Waals surface area contributed by atoms with Crippen LogP contribution in [0.1, 0.15) is 38.5 Å². The van der Waals surface area contributed by atoms with Crippen LogP contribution in [0, 0.1) is 5.41 Å². The highest BCUT2D eigenvalue weighted by Crippen LogP contribution is 2.40. The van der Waals surface area contributed by atoms with Crippen LogP contribution in [-0.2, 0) is 4.79 Å². The number of hydrogen-bond donors (Lipinski definition) is 3. The summed E-state index contributed by atoms with van der Waals surface area (Å²) in [4.78, 5) is 25.2. The lowest BCUT2D eigenvalue weighted by Crippen LogP contribution is -2.49. The molecule has 0 bridgehead atoms. The Kier molecular flexibility index (Phi) is 5.23. The van der Waals surface area contributed by atoms with Crippen molar-refractivity contribution in [1.29, 1.82) is 0 Å². The molecule has 0 atom stereocenters. The van der Waals surface area contributed by atoms with Gasteiger partial charge in [-0.25, -0.2) is 4.79 Å². The van der Waals surface area contributed by atoms with Crippen molar-refractivity contribution in [3.63, 3.8) is 0 Å². The zero-order valence-electron chi connectivity index (χ0n) is 12.0. The maximum Gasteiger partial charge on any atom is 0.314 e. The van der Waals surface area contributed by atoms with Crippen LogP contribution in [0.2, 0.25) is 0 Å². The van der Waals surface area contributed by atoms with Crippen LogP contribution in [0.3, 0.4) is 0 Å². The zero-order chi connectivity index (χ0) is 14.4. The minimum atomic E-state index is -0.793. The van der Waals surface area contributed by atoms with E-state index in [0.717, 1.165) is 19.4 Å². The molecule has 1 aliphatic heterocycles. The number of carbonyl (C=O) groups is 2. The maximum absolute atomic E-state index is 11.6. The van der Waals surface area contributed by atoms with Gasteiger partial charge < -0.3 is 20.6 Å². The molecule has 0 spiro atoms. The Labute approximate surface area is 119 Å². The standard InChI is InChI=1S/C14H25N3O3/c18-12(19)14(5-3-6-14)11-16-13(20)15-7-4-10-17-8-1-2-9-17/h1-11H2,(H,18,19)(H2,15,16,20). The number of amides is 2. The van der Waals surface area contributed by atoms with E-state index in [-0.39, 0.29) is 12.6 Å². The van der Waals surface area contributed by atoms with Crippen molar-refractivity contribution < 1.29 is 14.7 Å². The Hall–Kier alpha value is -1.30. The monoisotopic (exact) mass is 283 g/mol. The average Bonchev–Trinajstić information content (AvgIpc) is 2.86. The van der Waals surface area contributed by atoms with E-state index in [1.165, 1.54) is 25.9 Å². The topological polar surface area (TPSA) is 81.7 Å². The molecule has 20 heavy (non-hydrogen) atoms. The highest BCUT2D eigenvalue weighted by atomic mass is 16.4. The molecular weight excluding hydrogens is 258 g/mol. The van der Waals surface area contributed by atoms with Gasteiger partial charge in [0.1, 0.15) is 0 Å². The van der Waals surface area contributed by atoms with Crippen LogP contribution in [0.15, 0.2) is 0 Å². The molecule has 6 heteroatoms. The summed E-state index contributed by atoms with van der Waals surface area (Å²) >= 11 is 0. The van der Waals surface area contributed by atoms with Gasteiger partial charge in [0.15, 0.2) is 0 Å². The van der Waals surface area contributed by atoms with Crippen LogP contribution in [0.5, 0.6) is 0 Å². The second-order valence-corrected chi connectivity index (χ2v) is 5.95. The summed E-state index contributed by atoms with van der Waals surface area (Å²) in [6, 6.07) is -0.251. The minimum Gasteiger partial charge on any atom is -0.481 e.